The highest BCUT2D eigenvalue weighted by molar-refractivity contribution is 7.89. The molecule has 3 rings (SSSR count). The standard InChI is InChI=1S/C15H21NO4S/c1-12(2)20-13-3-5-14(6-4-13)21(17,18)16-9-10-19-11-15(16)7-8-15/h3-6,12H,7-11H2,1-2H3. The molecular weight excluding hydrogens is 290 g/mol. The Morgan fingerprint density at radius 1 is 1.24 bits per heavy atom. The molecule has 5 nitrogen and oxygen atoms in total. The third-order valence-electron chi connectivity index (χ3n) is 3.95. The van der Waals surface area contributed by atoms with Crippen LogP contribution in [0.1, 0.15) is 26.7 Å². The van der Waals surface area contributed by atoms with Crippen molar-refractivity contribution in [2.75, 3.05) is 19.8 Å². The van der Waals surface area contributed by atoms with Gasteiger partial charge in [-0.05, 0) is 51.0 Å². The first-order valence-corrected chi connectivity index (χ1v) is 8.75. The molecule has 1 spiro atoms. The van der Waals surface area contributed by atoms with Crippen molar-refractivity contribution in [3.63, 3.8) is 0 Å². The van der Waals surface area contributed by atoms with Gasteiger partial charge in [0.2, 0.25) is 10.0 Å². The molecule has 1 heterocycles. The summed E-state index contributed by atoms with van der Waals surface area (Å²) in [6.07, 6.45) is 1.85. The average molecular weight is 311 g/mol. The van der Waals surface area contributed by atoms with Crippen molar-refractivity contribution >= 4 is 10.0 Å². The molecule has 0 atom stereocenters. The second-order valence-corrected chi connectivity index (χ2v) is 7.85. The number of morpholine rings is 1. The number of sulfonamides is 1. The van der Waals surface area contributed by atoms with Crippen LogP contribution in [0.3, 0.4) is 0 Å². The Kier molecular flexibility index (Phi) is 3.71. The first kappa shape index (κ1) is 14.8. The molecule has 0 aromatic heterocycles. The van der Waals surface area contributed by atoms with Crippen LogP contribution in [0, 0.1) is 0 Å². The highest BCUT2D eigenvalue weighted by atomic mass is 32.2. The highest BCUT2D eigenvalue weighted by Gasteiger charge is 2.54. The van der Waals surface area contributed by atoms with Crippen LogP contribution in [0.2, 0.25) is 0 Å². The van der Waals surface area contributed by atoms with Gasteiger partial charge in [0.25, 0.3) is 0 Å². The third-order valence-corrected chi connectivity index (χ3v) is 5.97. The summed E-state index contributed by atoms with van der Waals surface area (Å²) in [6, 6.07) is 6.68. The molecule has 1 saturated heterocycles. The number of rotatable bonds is 4. The summed E-state index contributed by atoms with van der Waals surface area (Å²) in [6.45, 7) is 5.30. The van der Waals surface area contributed by atoms with Crippen LogP contribution in [-0.4, -0.2) is 44.1 Å². The number of ether oxygens (including phenoxy) is 2. The van der Waals surface area contributed by atoms with Crippen molar-refractivity contribution in [3.8, 4) is 5.75 Å². The van der Waals surface area contributed by atoms with Crippen molar-refractivity contribution in [2.45, 2.75) is 43.2 Å². The molecular formula is C15H21NO4S. The summed E-state index contributed by atoms with van der Waals surface area (Å²) in [5.74, 6) is 0.687. The third kappa shape index (κ3) is 2.80. The van der Waals surface area contributed by atoms with E-state index in [-0.39, 0.29) is 11.6 Å². The monoisotopic (exact) mass is 311 g/mol. The van der Waals surface area contributed by atoms with E-state index >= 15 is 0 Å². The maximum Gasteiger partial charge on any atom is 0.243 e. The maximum atomic E-state index is 12.8. The molecule has 1 aliphatic heterocycles. The van der Waals surface area contributed by atoms with Gasteiger partial charge in [0.05, 0.1) is 29.8 Å². The van der Waals surface area contributed by atoms with Crippen LogP contribution < -0.4 is 4.74 Å². The van der Waals surface area contributed by atoms with Crippen molar-refractivity contribution in [1.82, 2.24) is 4.31 Å². The van der Waals surface area contributed by atoms with E-state index in [0.717, 1.165) is 12.8 Å². The van der Waals surface area contributed by atoms with E-state index in [2.05, 4.69) is 0 Å². The largest absolute Gasteiger partial charge is 0.491 e. The van der Waals surface area contributed by atoms with E-state index in [4.69, 9.17) is 9.47 Å². The van der Waals surface area contributed by atoms with E-state index < -0.39 is 10.0 Å². The molecule has 1 saturated carbocycles. The predicted octanol–water partition coefficient (Wildman–Crippen LogP) is 2.03. The summed E-state index contributed by atoms with van der Waals surface area (Å²) in [4.78, 5) is 0.326. The molecule has 2 aliphatic rings. The lowest BCUT2D eigenvalue weighted by Gasteiger charge is -2.34. The van der Waals surface area contributed by atoms with Crippen LogP contribution in [0.15, 0.2) is 29.2 Å². The number of nitrogens with zero attached hydrogens (tertiary/aromatic N) is 1. The molecule has 0 N–H and O–H groups in total. The smallest absolute Gasteiger partial charge is 0.243 e. The molecule has 1 aromatic rings. The molecule has 0 radical (unpaired) electrons. The van der Waals surface area contributed by atoms with Gasteiger partial charge in [-0.2, -0.15) is 4.31 Å². The second kappa shape index (κ2) is 5.26. The van der Waals surface area contributed by atoms with E-state index in [1.54, 1.807) is 28.6 Å². The molecule has 1 aliphatic carbocycles. The van der Waals surface area contributed by atoms with Crippen LogP contribution in [-0.2, 0) is 14.8 Å². The zero-order valence-corrected chi connectivity index (χ0v) is 13.2. The van der Waals surface area contributed by atoms with Crippen molar-refractivity contribution in [1.29, 1.82) is 0 Å². The Morgan fingerprint density at radius 2 is 1.90 bits per heavy atom. The van der Waals surface area contributed by atoms with Crippen LogP contribution in [0.4, 0.5) is 0 Å². The highest BCUT2D eigenvalue weighted by Crippen LogP contribution is 2.46. The predicted molar refractivity (Wildman–Crippen MR) is 78.9 cm³/mol. The van der Waals surface area contributed by atoms with Gasteiger partial charge >= 0.3 is 0 Å². The summed E-state index contributed by atoms with van der Waals surface area (Å²) < 4.78 is 38.2. The molecule has 116 valence electrons. The van der Waals surface area contributed by atoms with E-state index in [0.29, 0.717) is 30.4 Å². The molecule has 2 fully saturated rings. The lowest BCUT2D eigenvalue weighted by Crippen LogP contribution is -2.50. The molecule has 6 heteroatoms. The first-order valence-electron chi connectivity index (χ1n) is 7.31. The molecule has 1 aromatic carbocycles. The van der Waals surface area contributed by atoms with Crippen molar-refractivity contribution < 1.29 is 17.9 Å². The summed E-state index contributed by atoms with van der Waals surface area (Å²) in [5.41, 5.74) is -0.288. The normalized spacial score (nSPS) is 21.7. The first-order chi connectivity index (χ1) is 9.94. The summed E-state index contributed by atoms with van der Waals surface area (Å²) in [5, 5.41) is 0. The van der Waals surface area contributed by atoms with Gasteiger partial charge in [0, 0.05) is 6.54 Å². The minimum absolute atomic E-state index is 0.0708. The summed E-state index contributed by atoms with van der Waals surface area (Å²) >= 11 is 0. The average Bonchev–Trinajstić information content (AvgIpc) is 3.19. The maximum absolute atomic E-state index is 12.8. The van der Waals surface area contributed by atoms with Crippen molar-refractivity contribution in [3.05, 3.63) is 24.3 Å². The fourth-order valence-electron chi connectivity index (χ4n) is 2.72. The van der Waals surface area contributed by atoms with Gasteiger partial charge in [-0.3, -0.25) is 0 Å². The van der Waals surface area contributed by atoms with E-state index in [9.17, 15) is 8.42 Å². The van der Waals surface area contributed by atoms with Crippen LogP contribution in [0.25, 0.3) is 0 Å². The lowest BCUT2D eigenvalue weighted by atomic mass is 10.2. The van der Waals surface area contributed by atoms with Gasteiger partial charge < -0.3 is 9.47 Å². The van der Waals surface area contributed by atoms with Crippen LogP contribution in [0.5, 0.6) is 5.75 Å². The fraction of sp³-hybridized carbons (Fsp3) is 0.600. The summed E-state index contributed by atoms with van der Waals surface area (Å²) in [7, 11) is -3.45. The molecule has 0 unspecified atom stereocenters. The lowest BCUT2D eigenvalue weighted by molar-refractivity contribution is 0.0214. The zero-order chi connectivity index (χ0) is 15.1. The number of benzene rings is 1. The minimum Gasteiger partial charge on any atom is -0.491 e. The van der Waals surface area contributed by atoms with Crippen LogP contribution >= 0.6 is 0 Å². The van der Waals surface area contributed by atoms with Gasteiger partial charge in [0.1, 0.15) is 5.75 Å². The number of hydrogen-bond acceptors (Lipinski definition) is 4. The van der Waals surface area contributed by atoms with Gasteiger partial charge in [-0.25, -0.2) is 8.42 Å². The quantitative estimate of drug-likeness (QED) is 0.854. The number of hydrogen-bond donors (Lipinski definition) is 0. The van der Waals surface area contributed by atoms with Gasteiger partial charge in [-0.1, -0.05) is 0 Å². The molecule has 0 amide bonds. The Morgan fingerprint density at radius 3 is 2.48 bits per heavy atom. The molecule has 0 bridgehead atoms. The Labute approximate surface area is 125 Å². The fourth-order valence-corrected chi connectivity index (χ4v) is 4.52. The minimum atomic E-state index is -3.45. The molecule has 21 heavy (non-hydrogen) atoms. The Hall–Kier alpha value is -1.11. The van der Waals surface area contributed by atoms with E-state index in [1.807, 2.05) is 13.8 Å². The van der Waals surface area contributed by atoms with Crippen molar-refractivity contribution in [2.24, 2.45) is 0 Å². The Bertz CT molecular complexity index is 605. The van der Waals surface area contributed by atoms with Gasteiger partial charge in [0.15, 0.2) is 0 Å². The SMILES string of the molecule is CC(C)Oc1ccc(S(=O)(=O)N2CCOCC23CC3)cc1. The second-order valence-electron chi connectivity index (χ2n) is 5.99. The van der Waals surface area contributed by atoms with Gasteiger partial charge in [-0.15, -0.1) is 0 Å². The zero-order valence-electron chi connectivity index (χ0n) is 12.4. The Balaban J connectivity index is 1.84. The van der Waals surface area contributed by atoms with E-state index in [1.165, 1.54) is 0 Å². The topological polar surface area (TPSA) is 55.8 Å².